The van der Waals surface area contributed by atoms with Crippen LogP contribution in [0.25, 0.3) is 44.3 Å². The molecule has 3 aromatic carbocycles. The van der Waals surface area contributed by atoms with E-state index in [-0.39, 0.29) is 0 Å². The standard InChI is InChI=1S/C28H28GeNO/c1-19-14-15-21-22-16-17-23(29(2,3)4)26(20-11-7-6-8-12-20)28(22)31-27(21)25(19)24-13-9-10-18-30(24)5/h6-18H,1-5H3/q+1. The Morgan fingerprint density at radius 3 is 2.03 bits per heavy atom. The molecule has 2 aromatic heterocycles. The third-order valence-corrected chi connectivity index (χ3v) is 10.5. The van der Waals surface area contributed by atoms with Gasteiger partial charge in [0, 0.05) is 0 Å². The van der Waals surface area contributed by atoms with Crippen molar-refractivity contribution in [2.24, 2.45) is 7.05 Å². The fraction of sp³-hybridized carbons (Fsp3) is 0.179. The zero-order valence-electron chi connectivity index (χ0n) is 18.9. The van der Waals surface area contributed by atoms with Gasteiger partial charge in [0.15, 0.2) is 0 Å². The second kappa shape index (κ2) is 7.38. The number of fused-ring (bicyclic) bond motifs is 3. The van der Waals surface area contributed by atoms with Crippen LogP contribution in [0.5, 0.6) is 0 Å². The summed E-state index contributed by atoms with van der Waals surface area (Å²) < 4.78 is 10.5. The molecule has 3 heteroatoms. The maximum atomic E-state index is 6.81. The number of nitrogens with zero attached hydrogens (tertiary/aromatic N) is 1. The molecule has 0 fully saturated rings. The number of furan rings is 1. The van der Waals surface area contributed by atoms with Gasteiger partial charge in [-0.3, -0.25) is 0 Å². The Kier molecular flexibility index (Phi) is 4.78. The number of hydrogen-bond donors (Lipinski definition) is 0. The van der Waals surface area contributed by atoms with E-state index < -0.39 is 13.3 Å². The van der Waals surface area contributed by atoms with Gasteiger partial charge >= 0.3 is 187 Å². The van der Waals surface area contributed by atoms with Crippen LogP contribution >= 0.6 is 0 Å². The minimum atomic E-state index is -2.15. The molecule has 0 saturated heterocycles. The quantitative estimate of drug-likeness (QED) is 0.216. The summed E-state index contributed by atoms with van der Waals surface area (Å²) in [6, 6.07) is 26.2. The van der Waals surface area contributed by atoms with E-state index in [1.54, 1.807) is 0 Å². The third-order valence-electron chi connectivity index (χ3n) is 6.20. The van der Waals surface area contributed by atoms with Crippen LogP contribution in [0.4, 0.5) is 0 Å². The molecule has 0 spiro atoms. The molecule has 5 rings (SSSR count). The van der Waals surface area contributed by atoms with E-state index >= 15 is 0 Å². The predicted molar refractivity (Wildman–Crippen MR) is 133 cm³/mol. The summed E-state index contributed by atoms with van der Waals surface area (Å²) in [5.74, 6) is 7.36. The summed E-state index contributed by atoms with van der Waals surface area (Å²) in [4.78, 5) is 0. The number of aromatic nitrogens is 1. The first-order valence-corrected chi connectivity index (χ1v) is 18.2. The normalized spacial score (nSPS) is 12.0. The predicted octanol–water partition coefficient (Wildman–Crippen LogP) is 6.60. The number of aryl methyl sites for hydroxylation is 2. The average Bonchev–Trinajstić information content (AvgIpc) is 3.12. The van der Waals surface area contributed by atoms with Gasteiger partial charge in [-0.05, 0) is 0 Å². The second-order valence-corrected chi connectivity index (χ2v) is 20.0. The van der Waals surface area contributed by atoms with Crippen LogP contribution in [0.2, 0.25) is 17.3 Å². The summed E-state index contributed by atoms with van der Waals surface area (Å²) in [6.07, 6.45) is 2.09. The van der Waals surface area contributed by atoms with Gasteiger partial charge in [0.25, 0.3) is 0 Å². The van der Waals surface area contributed by atoms with Crippen molar-refractivity contribution in [1.82, 2.24) is 0 Å². The number of rotatable bonds is 3. The van der Waals surface area contributed by atoms with Crippen molar-refractivity contribution in [3.05, 3.63) is 84.6 Å². The molecule has 0 aliphatic heterocycles. The third kappa shape index (κ3) is 3.30. The van der Waals surface area contributed by atoms with Crippen molar-refractivity contribution in [2.45, 2.75) is 24.2 Å². The van der Waals surface area contributed by atoms with Gasteiger partial charge in [0.05, 0.1) is 0 Å². The molecule has 0 amide bonds. The van der Waals surface area contributed by atoms with E-state index in [2.05, 4.69) is 115 Å². The Hall–Kier alpha value is -2.85. The van der Waals surface area contributed by atoms with Crippen LogP contribution in [-0.2, 0) is 7.05 Å². The average molecular weight is 467 g/mol. The van der Waals surface area contributed by atoms with Crippen LogP contribution in [0.3, 0.4) is 0 Å². The summed E-state index contributed by atoms with van der Waals surface area (Å²) in [7, 11) is 2.09. The van der Waals surface area contributed by atoms with Gasteiger partial charge in [-0.25, -0.2) is 0 Å². The van der Waals surface area contributed by atoms with Gasteiger partial charge in [0.2, 0.25) is 0 Å². The fourth-order valence-corrected chi connectivity index (χ4v) is 7.96. The zero-order valence-corrected chi connectivity index (χ0v) is 21.0. The number of hydrogen-bond acceptors (Lipinski definition) is 1. The van der Waals surface area contributed by atoms with Crippen molar-refractivity contribution >= 4 is 39.6 Å². The van der Waals surface area contributed by atoms with E-state index in [0.717, 1.165) is 11.2 Å². The zero-order chi connectivity index (χ0) is 21.8. The number of benzene rings is 3. The Bertz CT molecular complexity index is 1420. The molecule has 154 valence electrons. The van der Waals surface area contributed by atoms with Crippen molar-refractivity contribution in [2.75, 3.05) is 0 Å². The van der Waals surface area contributed by atoms with E-state index in [1.807, 2.05) is 0 Å². The summed E-state index contributed by atoms with van der Waals surface area (Å²) in [6.45, 7) is 2.17. The molecule has 0 N–H and O–H groups in total. The van der Waals surface area contributed by atoms with Gasteiger partial charge in [0.1, 0.15) is 0 Å². The summed E-state index contributed by atoms with van der Waals surface area (Å²) >= 11 is -2.15. The molecule has 0 saturated carbocycles. The molecule has 0 atom stereocenters. The fourth-order valence-electron chi connectivity index (χ4n) is 4.62. The second-order valence-electron chi connectivity index (χ2n) is 9.41. The summed E-state index contributed by atoms with van der Waals surface area (Å²) in [5.41, 5.74) is 8.09. The van der Waals surface area contributed by atoms with Crippen molar-refractivity contribution in [3.8, 4) is 22.4 Å². The molecule has 2 nitrogen and oxygen atoms in total. The molecule has 0 radical (unpaired) electrons. The Morgan fingerprint density at radius 2 is 1.35 bits per heavy atom. The molecule has 0 aliphatic carbocycles. The van der Waals surface area contributed by atoms with Gasteiger partial charge in [-0.15, -0.1) is 0 Å². The van der Waals surface area contributed by atoms with Crippen molar-refractivity contribution in [1.29, 1.82) is 0 Å². The van der Waals surface area contributed by atoms with Crippen molar-refractivity contribution in [3.63, 3.8) is 0 Å². The number of pyridine rings is 1. The molecule has 2 heterocycles. The molecular formula is C28H28GeNO+. The van der Waals surface area contributed by atoms with Crippen LogP contribution in [0.15, 0.2) is 83.4 Å². The maximum absolute atomic E-state index is 6.81. The molecular weight excluding hydrogens is 439 g/mol. The van der Waals surface area contributed by atoms with Crippen LogP contribution in [0.1, 0.15) is 5.56 Å². The Labute approximate surface area is 186 Å². The molecule has 31 heavy (non-hydrogen) atoms. The first-order chi connectivity index (χ1) is 14.9. The SMILES string of the molecule is Cc1ccc2c(oc3c(-c4ccccc4)[c]([Ge]([CH3])([CH3])[CH3])ccc32)c1-c1cccc[n+]1C. The minimum absolute atomic E-state index is 0.979. The van der Waals surface area contributed by atoms with E-state index in [1.165, 1.54) is 43.1 Å². The van der Waals surface area contributed by atoms with Gasteiger partial charge in [-0.1, -0.05) is 0 Å². The molecule has 5 aromatic rings. The first kappa shape index (κ1) is 20.1. The molecule has 0 bridgehead atoms. The molecule has 0 unspecified atom stereocenters. The topological polar surface area (TPSA) is 17.0 Å². The van der Waals surface area contributed by atoms with Crippen LogP contribution in [0, 0.1) is 6.92 Å². The van der Waals surface area contributed by atoms with Crippen molar-refractivity contribution < 1.29 is 8.98 Å². The summed E-state index contributed by atoms with van der Waals surface area (Å²) in [5, 5.41) is 2.38. The van der Waals surface area contributed by atoms with E-state index in [4.69, 9.17) is 4.42 Å². The Morgan fingerprint density at radius 1 is 0.710 bits per heavy atom. The van der Waals surface area contributed by atoms with Gasteiger partial charge < -0.3 is 0 Å². The van der Waals surface area contributed by atoms with Crippen LogP contribution < -0.4 is 8.96 Å². The van der Waals surface area contributed by atoms with E-state index in [9.17, 15) is 0 Å². The van der Waals surface area contributed by atoms with Crippen LogP contribution in [-0.4, -0.2) is 13.3 Å². The molecule has 0 aliphatic rings. The Balaban J connectivity index is 1.94. The van der Waals surface area contributed by atoms with Gasteiger partial charge in [-0.2, -0.15) is 0 Å². The monoisotopic (exact) mass is 468 g/mol. The van der Waals surface area contributed by atoms with E-state index in [0.29, 0.717) is 0 Å². The first-order valence-electron chi connectivity index (χ1n) is 10.9.